The molecule has 0 saturated heterocycles. The van der Waals surface area contributed by atoms with E-state index >= 15 is 0 Å². The van der Waals surface area contributed by atoms with Crippen LogP contribution >= 0.6 is 0 Å². The van der Waals surface area contributed by atoms with Gasteiger partial charge in [-0.05, 0) is 27.2 Å². The van der Waals surface area contributed by atoms with Gasteiger partial charge < -0.3 is 9.57 Å². The summed E-state index contributed by atoms with van der Waals surface area (Å²) < 4.78 is 4.98. The van der Waals surface area contributed by atoms with Gasteiger partial charge in [0.25, 0.3) is 0 Å². The Hall–Kier alpha value is -1.26. The van der Waals surface area contributed by atoms with Gasteiger partial charge in [-0.15, -0.1) is 5.48 Å². The molecular formula is C21H41NO4. The zero-order chi connectivity index (χ0) is 19.7. The summed E-state index contributed by atoms with van der Waals surface area (Å²) in [6, 6.07) is 0. The quantitative estimate of drug-likeness (QED) is 0.281. The van der Waals surface area contributed by atoms with Crippen molar-refractivity contribution in [2.24, 2.45) is 0 Å². The van der Waals surface area contributed by atoms with Gasteiger partial charge >= 0.3 is 12.1 Å². The number of carbonyl (C=O) groups is 2. The maximum Gasteiger partial charge on any atom is 0.441 e. The van der Waals surface area contributed by atoms with Gasteiger partial charge in [0.05, 0.1) is 0 Å². The van der Waals surface area contributed by atoms with Crippen molar-refractivity contribution in [3.05, 3.63) is 0 Å². The van der Waals surface area contributed by atoms with E-state index in [2.05, 4.69) is 6.92 Å². The van der Waals surface area contributed by atoms with Crippen LogP contribution in [-0.4, -0.2) is 17.7 Å². The topological polar surface area (TPSA) is 64.6 Å². The minimum absolute atomic E-state index is 0.327. The predicted octanol–water partition coefficient (Wildman–Crippen LogP) is 6.45. The Balaban J connectivity index is 3.32. The number of unbranched alkanes of at least 4 members (excludes halogenated alkanes) is 12. The molecule has 0 aliphatic heterocycles. The molecule has 1 amide bonds. The van der Waals surface area contributed by atoms with Crippen LogP contribution in [0.15, 0.2) is 0 Å². The Morgan fingerprint density at radius 3 is 1.58 bits per heavy atom. The van der Waals surface area contributed by atoms with Gasteiger partial charge in [0, 0.05) is 6.42 Å². The van der Waals surface area contributed by atoms with Crippen LogP contribution < -0.4 is 5.48 Å². The summed E-state index contributed by atoms with van der Waals surface area (Å²) in [6.45, 7) is 7.51. The molecule has 154 valence electrons. The molecule has 26 heavy (non-hydrogen) atoms. The summed E-state index contributed by atoms with van der Waals surface area (Å²) in [4.78, 5) is 27.6. The second kappa shape index (κ2) is 16.0. The van der Waals surface area contributed by atoms with E-state index in [9.17, 15) is 9.59 Å². The van der Waals surface area contributed by atoms with Crippen molar-refractivity contribution in [2.45, 2.75) is 123 Å². The van der Waals surface area contributed by atoms with Crippen LogP contribution in [0.2, 0.25) is 0 Å². The molecule has 0 aromatic carbocycles. The van der Waals surface area contributed by atoms with Gasteiger partial charge in [-0.25, -0.2) is 9.59 Å². The van der Waals surface area contributed by atoms with Gasteiger partial charge in [-0.3, -0.25) is 0 Å². The van der Waals surface area contributed by atoms with Crippen LogP contribution in [0.5, 0.6) is 0 Å². The second-order valence-electron chi connectivity index (χ2n) is 8.07. The maximum absolute atomic E-state index is 11.5. The minimum atomic E-state index is -0.740. The molecule has 0 radical (unpaired) electrons. The summed E-state index contributed by atoms with van der Waals surface area (Å²) in [6.07, 6.45) is 16.0. The molecular weight excluding hydrogens is 330 g/mol. The standard InChI is InChI=1S/C21H41NO4/c1-5-6-7-8-9-10-11-12-13-14-15-16-17-18-19(23)26-22-20(24)25-21(2,3)4/h5-18H2,1-4H3,(H,22,24). The number of ether oxygens (including phenoxy) is 1. The lowest BCUT2D eigenvalue weighted by atomic mass is 10.0. The molecule has 5 heteroatoms. The smallest absolute Gasteiger partial charge is 0.441 e. The lowest BCUT2D eigenvalue weighted by Gasteiger charge is -2.19. The molecule has 5 nitrogen and oxygen atoms in total. The SMILES string of the molecule is CCCCCCCCCCCCCCCC(=O)ONC(=O)OC(C)(C)C. The molecule has 0 rings (SSSR count). The number of amides is 1. The fourth-order valence-corrected chi connectivity index (χ4v) is 2.74. The van der Waals surface area contributed by atoms with Crippen LogP contribution in [0.4, 0.5) is 4.79 Å². The highest BCUT2D eigenvalue weighted by Gasteiger charge is 2.17. The number of carbonyl (C=O) groups excluding carboxylic acids is 2. The van der Waals surface area contributed by atoms with Gasteiger partial charge in [0.15, 0.2) is 0 Å². The first kappa shape index (κ1) is 24.7. The van der Waals surface area contributed by atoms with Crippen LogP contribution in [-0.2, 0) is 14.4 Å². The molecule has 0 aliphatic carbocycles. The summed E-state index contributed by atoms with van der Waals surface area (Å²) in [5, 5.41) is 0. The first-order valence-electron chi connectivity index (χ1n) is 10.5. The maximum atomic E-state index is 11.5. The van der Waals surface area contributed by atoms with Gasteiger partial charge in [-0.2, -0.15) is 0 Å². The van der Waals surface area contributed by atoms with E-state index in [4.69, 9.17) is 9.57 Å². The van der Waals surface area contributed by atoms with Crippen molar-refractivity contribution in [3.63, 3.8) is 0 Å². The molecule has 0 atom stereocenters. The van der Waals surface area contributed by atoms with E-state index in [0.29, 0.717) is 6.42 Å². The van der Waals surface area contributed by atoms with Crippen molar-refractivity contribution in [2.75, 3.05) is 0 Å². The number of rotatable bonds is 14. The molecule has 0 saturated carbocycles. The largest absolute Gasteiger partial charge is 0.442 e. The summed E-state index contributed by atoms with van der Waals surface area (Å²) in [7, 11) is 0. The van der Waals surface area contributed by atoms with E-state index in [1.807, 2.05) is 5.48 Å². The zero-order valence-corrected chi connectivity index (χ0v) is 17.5. The first-order valence-corrected chi connectivity index (χ1v) is 10.5. The normalized spacial score (nSPS) is 11.2. The molecule has 0 spiro atoms. The number of hydroxylamine groups is 1. The van der Waals surface area contributed by atoms with Crippen LogP contribution in [0.3, 0.4) is 0 Å². The van der Waals surface area contributed by atoms with Crippen molar-refractivity contribution in [3.8, 4) is 0 Å². The molecule has 0 aromatic heterocycles. The van der Waals surface area contributed by atoms with Crippen LogP contribution in [0, 0.1) is 0 Å². The molecule has 0 aliphatic rings. The predicted molar refractivity (Wildman–Crippen MR) is 106 cm³/mol. The molecule has 0 aromatic rings. The Bertz CT molecular complexity index is 364. The lowest BCUT2D eigenvalue weighted by molar-refractivity contribution is -0.150. The number of hydrogen-bond acceptors (Lipinski definition) is 4. The average molecular weight is 372 g/mol. The third-order valence-corrected chi connectivity index (χ3v) is 4.13. The highest BCUT2D eigenvalue weighted by molar-refractivity contribution is 5.73. The lowest BCUT2D eigenvalue weighted by Crippen LogP contribution is -2.34. The van der Waals surface area contributed by atoms with E-state index in [0.717, 1.165) is 19.3 Å². The molecule has 0 unspecified atom stereocenters. The van der Waals surface area contributed by atoms with Crippen molar-refractivity contribution >= 4 is 12.1 Å². The first-order chi connectivity index (χ1) is 12.3. The fraction of sp³-hybridized carbons (Fsp3) is 0.905. The van der Waals surface area contributed by atoms with E-state index in [1.165, 1.54) is 64.2 Å². The van der Waals surface area contributed by atoms with E-state index < -0.39 is 17.7 Å². The molecule has 0 heterocycles. The summed E-state index contributed by atoms with van der Waals surface area (Å²) in [5.41, 5.74) is 1.42. The minimum Gasteiger partial charge on any atom is -0.442 e. The van der Waals surface area contributed by atoms with Gasteiger partial charge in [-0.1, -0.05) is 84.0 Å². The van der Waals surface area contributed by atoms with Crippen molar-refractivity contribution in [1.29, 1.82) is 0 Å². The van der Waals surface area contributed by atoms with Crippen molar-refractivity contribution < 1.29 is 19.2 Å². The summed E-state index contributed by atoms with van der Waals surface area (Å²) in [5.74, 6) is -0.418. The average Bonchev–Trinajstić information content (AvgIpc) is 2.55. The van der Waals surface area contributed by atoms with Gasteiger partial charge in [0.2, 0.25) is 0 Å². The Morgan fingerprint density at radius 2 is 1.15 bits per heavy atom. The van der Waals surface area contributed by atoms with Gasteiger partial charge in [0.1, 0.15) is 5.60 Å². The van der Waals surface area contributed by atoms with Crippen LogP contribution in [0.1, 0.15) is 118 Å². The Labute approximate surface area is 160 Å². The Kier molecular flexibility index (Phi) is 15.2. The second-order valence-corrected chi connectivity index (χ2v) is 8.07. The van der Waals surface area contributed by atoms with E-state index in [1.54, 1.807) is 20.8 Å². The monoisotopic (exact) mass is 371 g/mol. The van der Waals surface area contributed by atoms with Crippen LogP contribution in [0.25, 0.3) is 0 Å². The number of nitrogens with one attached hydrogen (secondary N) is 1. The zero-order valence-electron chi connectivity index (χ0n) is 17.5. The van der Waals surface area contributed by atoms with E-state index in [-0.39, 0.29) is 0 Å². The highest BCUT2D eigenvalue weighted by atomic mass is 16.7. The molecule has 0 bridgehead atoms. The molecule has 1 N–H and O–H groups in total. The molecule has 0 fully saturated rings. The third kappa shape index (κ3) is 19.1. The van der Waals surface area contributed by atoms with Crippen molar-refractivity contribution in [1.82, 2.24) is 5.48 Å². The highest BCUT2D eigenvalue weighted by Crippen LogP contribution is 2.13. The number of hydrogen-bond donors (Lipinski definition) is 1. The third-order valence-electron chi connectivity index (χ3n) is 4.13. The Morgan fingerprint density at radius 1 is 0.731 bits per heavy atom. The summed E-state index contributed by atoms with van der Waals surface area (Å²) >= 11 is 0. The fourth-order valence-electron chi connectivity index (χ4n) is 2.74.